The number of nitrogens with one attached hydrogen (secondary N) is 1. The van der Waals surface area contributed by atoms with E-state index in [1.807, 2.05) is 0 Å². The third kappa shape index (κ3) is 3.83. The molecule has 1 heterocycles. The monoisotopic (exact) mass is 360 g/mol. The van der Waals surface area contributed by atoms with E-state index in [0.29, 0.717) is 30.3 Å². The third-order valence-corrected chi connectivity index (χ3v) is 3.61. The number of hydrogen-bond acceptors (Lipinski definition) is 8. The molecule has 0 saturated carbocycles. The van der Waals surface area contributed by atoms with Gasteiger partial charge in [0.05, 0.1) is 17.1 Å². The Balaban J connectivity index is 1.76. The first-order valence-electron chi connectivity index (χ1n) is 7.71. The van der Waals surface area contributed by atoms with Gasteiger partial charge >= 0.3 is 5.97 Å². The average molecular weight is 360 g/mol. The normalized spacial score (nSPS) is 11.9. The van der Waals surface area contributed by atoms with E-state index in [4.69, 9.17) is 18.9 Å². The van der Waals surface area contributed by atoms with Crippen LogP contribution in [0.25, 0.3) is 0 Å². The fourth-order valence-corrected chi connectivity index (χ4v) is 2.35. The second-order valence-electron chi connectivity index (χ2n) is 5.31. The number of nitro benzene ring substituents is 1. The van der Waals surface area contributed by atoms with Crippen LogP contribution in [0, 0.1) is 10.1 Å². The summed E-state index contributed by atoms with van der Waals surface area (Å²) in [4.78, 5) is 23.0. The summed E-state index contributed by atoms with van der Waals surface area (Å²) >= 11 is 0. The lowest BCUT2D eigenvalue weighted by atomic mass is 10.1. The topological polar surface area (TPSA) is 109 Å². The molecule has 9 nitrogen and oxygen atoms in total. The summed E-state index contributed by atoms with van der Waals surface area (Å²) in [5.74, 6) is 0.575. The van der Waals surface area contributed by atoms with Gasteiger partial charge in [-0.15, -0.1) is 0 Å². The highest BCUT2D eigenvalue weighted by Crippen LogP contribution is 2.35. The van der Waals surface area contributed by atoms with E-state index < -0.39 is 10.9 Å². The van der Waals surface area contributed by atoms with Crippen molar-refractivity contribution >= 4 is 17.3 Å². The number of carbonyl (C=O) groups is 1. The van der Waals surface area contributed by atoms with Crippen molar-refractivity contribution in [2.45, 2.75) is 0 Å². The van der Waals surface area contributed by atoms with Crippen LogP contribution in [0.3, 0.4) is 0 Å². The van der Waals surface area contributed by atoms with Gasteiger partial charge in [-0.2, -0.15) is 0 Å². The minimum Gasteiger partial charge on any atom is -0.454 e. The fourth-order valence-electron chi connectivity index (χ4n) is 2.35. The molecule has 0 unspecified atom stereocenters. The van der Waals surface area contributed by atoms with Crippen molar-refractivity contribution in [2.75, 3.05) is 32.4 Å². The van der Waals surface area contributed by atoms with E-state index in [-0.39, 0.29) is 23.8 Å². The van der Waals surface area contributed by atoms with Crippen molar-refractivity contribution < 1.29 is 28.7 Å². The number of ether oxygens (including phenoxy) is 4. The lowest BCUT2D eigenvalue weighted by Gasteiger charge is -2.09. The zero-order valence-electron chi connectivity index (χ0n) is 13.9. The predicted octanol–water partition coefficient (Wildman–Crippen LogP) is 2.60. The highest BCUT2D eigenvalue weighted by molar-refractivity contribution is 5.93. The van der Waals surface area contributed by atoms with Crippen LogP contribution in [0.5, 0.6) is 17.2 Å². The number of esters is 1. The van der Waals surface area contributed by atoms with Gasteiger partial charge in [-0.05, 0) is 24.3 Å². The van der Waals surface area contributed by atoms with Gasteiger partial charge in [-0.25, -0.2) is 4.79 Å². The number of anilines is 1. The lowest BCUT2D eigenvalue weighted by Crippen LogP contribution is -2.12. The van der Waals surface area contributed by atoms with Crippen LogP contribution in [0.1, 0.15) is 10.4 Å². The zero-order chi connectivity index (χ0) is 18.5. The van der Waals surface area contributed by atoms with Crippen LogP contribution in [0.15, 0.2) is 36.4 Å². The molecule has 0 saturated heterocycles. The van der Waals surface area contributed by atoms with Crippen molar-refractivity contribution in [3.63, 3.8) is 0 Å². The van der Waals surface area contributed by atoms with Crippen molar-refractivity contribution in [3.05, 3.63) is 52.1 Å². The molecular formula is C17H16N2O7. The van der Waals surface area contributed by atoms with Crippen molar-refractivity contribution in [1.29, 1.82) is 0 Å². The summed E-state index contributed by atoms with van der Waals surface area (Å²) < 4.78 is 20.6. The molecule has 0 aromatic heterocycles. The molecule has 1 aliphatic heterocycles. The van der Waals surface area contributed by atoms with Gasteiger partial charge in [-0.3, -0.25) is 10.1 Å². The summed E-state index contributed by atoms with van der Waals surface area (Å²) in [5.41, 5.74) is 0.138. The molecular weight excluding hydrogens is 344 g/mol. The Labute approximate surface area is 148 Å². The number of fused-ring (bicyclic) bond motifs is 1. The zero-order valence-corrected chi connectivity index (χ0v) is 13.9. The molecule has 1 N–H and O–H groups in total. The highest BCUT2D eigenvalue weighted by Gasteiger charge is 2.20. The van der Waals surface area contributed by atoms with E-state index in [9.17, 15) is 14.9 Å². The molecule has 0 spiro atoms. The summed E-state index contributed by atoms with van der Waals surface area (Å²) in [6.07, 6.45) is 0. The molecule has 3 rings (SSSR count). The van der Waals surface area contributed by atoms with E-state index >= 15 is 0 Å². The number of carbonyl (C=O) groups excluding carboxylic acids is 1. The maximum Gasteiger partial charge on any atom is 0.343 e. The van der Waals surface area contributed by atoms with Crippen LogP contribution >= 0.6 is 0 Å². The largest absolute Gasteiger partial charge is 0.454 e. The molecule has 26 heavy (non-hydrogen) atoms. The van der Waals surface area contributed by atoms with Crippen LogP contribution in [-0.2, 0) is 4.74 Å². The molecule has 0 fully saturated rings. The van der Waals surface area contributed by atoms with Crippen molar-refractivity contribution in [1.82, 2.24) is 0 Å². The Morgan fingerprint density at radius 3 is 2.81 bits per heavy atom. The van der Waals surface area contributed by atoms with Crippen LogP contribution in [0.2, 0.25) is 0 Å². The molecule has 0 atom stereocenters. The Bertz CT molecular complexity index is 838. The lowest BCUT2D eigenvalue weighted by molar-refractivity contribution is -0.384. The molecule has 0 aliphatic carbocycles. The summed E-state index contributed by atoms with van der Waals surface area (Å²) in [5, 5.41) is 14.2. The number of nitrogens with zero attached hydrogens (tertiary/aromatic N) is 1. The van der Waals surface area contributed by atoms with Crippen molar-refractivity contribution in [2.24, 2.45) is 0 Å². The fraction of sp³-hybridized carbons (Fsp3) is 0.235. The molecule has 136 valence electrons. The molecule has 9 heteroatoms. The first kappa shape index (κ1) is 17.5. The smallest absolute Gasteiger partial charge is 0.343 e. The number of hydrogen-bond donors (Lipinski definition) is 1. The standard InChI is InChI=1S/C17H16N2O7/c1-23-7-6-18-13-4-2-11(8-14(13)19(21)22)17(20)26-12-3-5-15-16(9-12)25-10-24-15/h2-5,8-9,18H,6-7,10H2,1H3. The van der Waals surface area contributed by atoms with Gasteiger partial charge in [0.25, 0.3) is 5.69 Å². The van der Waals surface area contributed by atoms with Crippen LogP contribution in [-0.4, -0.2) is 37.9 Å². The molecule has 2 aromatic carbocycles. The van der Waals surface area contributed by atoms with Gasteiger partial charge in [0.2, 0.25) is 6.79 Å². The Morgan fingerprint density at radius 1 is 1.23 bits per heavy atom. The number of benzene rings is 2. The number of rotatable bonds is 7. The Hall–Kier alpha value is -3.33. The number of nitro groups is 1. The van der Waals surface area contributed by atoms with Crippen LogP contribution in [0.4, 0.5) is 11.4 Å². The minimum atomic E-state index is -0.713. The van der Waals surface area contributed by atoms with E-state index in [1.165, 1.54) is 31.4 Å². The SMILES string of the molecule is COCCNc1ccc(C(=O)Oc2ccc3c(c2)OCO3)cc1[N+](=O)[O-]. The molecule has 2 aromatic rings. The van der Waals surface area contributed by atoms with Crippen molar-refractivity contribution in [3.8, 4) is 17.2 Å². The number of methoxy groups -OCH3 is 1. The van der Waals surface area contributed by atoms with E-state index in [1.54, 1.807) is 12.1 Å². The van der Waals surface area contributed by atoms with Gasteiger partial charge in [-0.1, -0.05) is 0 Å². The van der Waals surface area contributed by atoms with Gasteiger partial charge < -0.3 is 24.3 Å². The first-order chi connectivity index (χ1) is 12.6. The van der Waals surface area contributed by atoms with Gasteiger partial charge in [0.15, 0.2) is 11.5 Å². The molecule has 0 amide bonds. The average Bonchev–Trinajstić information content (AvgIpc) is 3.09. The second-order valence-corrected chi connectivity index (χ2v) is 5.31. The van der Waals surface area contributed by atoms with Gasteiger partial charge in [0.1, 0.15) is 11.4 Å². The van der Waals surface area contributed by atoms with E-state index in [2.05, 4.69) is 5.32 Å². The third-order valence-electron chi connectivity index (χ3n) is 3.61. The Kier molecular flexibility index (Phi) is 5.18. The molecule has 0 bridgehead atoms. The first-order valence-corrected chi connectivity index (χ1v) is 7.71. The Morgan fingerprint density at radius 2 is 2.04 bits per heavy atom. The van der Waals surface area contributed by atoms with Crippen LogP contribution < -0.4 is 19.5 Å². The minimum absolute atomic E-state index is 0.0617. The second kappa shape index (κ2) is 7.70. The maximum atomic E-state index is 12.3. The maximum absolute atomic E-state index is 12.3. The summed E-state index contributed by atoms with van der Waals surface area (Å²) in [6.45, 7) is 0.903. The van der Waals surface area contributed by atoms with E-state index in [0.717, 1.165) is 0 Å². The summed E-state index contributed by atoms with van der Waals surface area (Å²) in [7, 11) is 1.53. The predicted molar refractivity (Wildman–Crippen MR) is 91.0 cm³/mol. The molecule has 0 radical (unpaired) electrons. The quantitative estimate of drug-likeness (QED) is 0.264. The molecule has 1 aliphatic rings. The highest BCUT2D eigenvalue weighted by atomic mass is 16.7. The van der Waals surface area contributed by atoms with Gasteiger partial charge in [0, 0.05) is 25.8 Å². The summed E-state index contributed by atoms with van der Waals surface area (Å²) in [6, 6.07) is 8.79.